The Bertz CT molecular complexity index is 802. The molecule has 2 aromatic carbocycles. The Morgan fingerprint density at radius 1 is 1.19 bits per heavy atom. The summed E-state index contributed by atoms with van der Waals surface area (Å²) in [6, 6.07) is 15.9. The molecule has 3 aromatic rings. The van der Waals surface area contributed by atoms with E-state index < -0.39 is 0 Å². The van der Waals surface area contributed by atoms with Gasteiger partial charge >= 0.3 is 0 Å². The number of benzene rings is 2. The molecular weight excluding hydrogens is 282 g/mol. The van der Waals surface area contributed by atoms with Gasteiger partial charge in [-0.3, -0.25) is 9.89 Å². The van der Waals surface area contributed by atoms with Crippen molar-refractivity contribution in [2.24, 2.45) is 0 Å². The van der Waals surface area contributed by atoms with Crippen LogP contribution in [0, 0.1) is 0 Å². The summed E-state index contributed by atoms with van der Waals surface area (Å²) in [6.07, 6.45) is 0.773. The first-order chi connectivity index (χ1) is 10.3. The zero-order chi connectivity index (χ0) is 14.2. The molecule has 1 amide bonds. The van der Waals surface area contributed by atoms with Crippen molar-refractivity contribution < 1.29 is 4.79 Å². The predicted octanol–water partition coefficient (Wildman–Crippen LogP) is 3.22. The summed E-state index contributed by atoms with van der Waals surface area (Å²) in [6.45, 7) is 0. The van der Waals surface area contributed by atoms with Crippen LogP contribution in [-0.2, 0) is 11.2 Å². The zero-order valence-electron chi connectivity index (χ0n) is 11.2. The Kier molecular flexibility index (Phi) is 2.93. The van der Waals surface area contributed by atoms with Crippen LogP contribution < -0.4 is 5.32 Å². The fraction of sp³-hybridized carbons (Fsp3) is 0.125. The molecule has 1 aliphatic rings. The maximum atomic E-state index is 12.4. The van der Waals surface area contributed by atoms with Gasteiger partial charge in [0.25, 0.3) is 0 Å². The van der Waals surface area contributed by atoms with Crippen LogP contribution in [0.25, 0.3) is 10.9 Å². The molecule has 5 heteroatoms. The number of hydrogen-bond acceptors (Lipinski definition) is 3. The summed E-state index contributed by atoms with van der Waals surface area (Å²) < 4.78 is 0. The molecule has 1 aliphatic heterocycles. The number of thioether (sulfide) groups is 1. The predicted molar refractivity (Wildman–Crippen MR) is 84.5 cm³/mol. The summed E-state index contributed by atoms with van der Waals surface area (Å²) >= 11 is 1.62. The van der Waals surface area contributed by atoms with Gasteiger partial charge in [-0.15, -0.1) is 11.8 Å². The minimum absolute atomic E-state index is 0.00783. The summed E-state index contributed by atoms with van der Waals surface area (Å²) in [5, 5.41) is 10.9. The van der Waals surface area contributed by atoms with Gasteiger partial charge in [0.2, 0.25) is 5.91 Å². The number of anilines is 1. The summed E-state index contributed by atoms with van der Waals surface area (Å²) in [7, 11) is 0. The van der Waals surface area contributed by atoms with E-state index in [1.807, 2.05) is 36.4 Å². The van der Waals surface area contributed by atoms with Crippen LogP contribution in [-0.4, -0.2) is 21.4 Å². The topological polar surface area (TPSA) is 57.8 Å². The van der Waals surface area contributed by atoms with Crippen molar-refractivity contribution in [2.45, 2.75) is 16.6 Å². The van der Waals surface area contributed by atoms with E-state index in [-0.39, 0.29) is 11.2 Å². The van der Waals surface area contributed by atoms with Gasteiger partial charge in [-0.05, 0) is 30.2 Å². The molecule has 0 radical (unpaired) electrons. The maximum Gasteiger partial charge on any atom is 0.239 e. The minimum atomic E-state index is -0.0853. The number of H-pyrrole nitrogens is 1. The largest absolute Gasteiger partial charge is 0.308 e. The molecule has 1 atom stereocenters. The van der Waals surface area contributed by atoms with Crippen LogP contribution >= 0.6 is 11.8 Å². The third-order valence-corrected chi connectivity index (χ3v) is 4.97. The van der Waals surface area contributed by atoms with Crippen molar-refractivity contribution >= 4 is 34.4 Å². The molecule has 2 heterocycles. The summed E-state index contributed by atoms with van der Waals surface area (Å²) in [4.78, 5) is 13.6. The third-order valence-electron chi connectivity index (χ3n) is 3.65. The first-order valence-corrected chi connectivity index (χ1v) is 7.68. The fourth-order valence-electron chi connectivity index (χ4n) is 2.58. The molecule has 2 N–H and O–H groups in total. The normalized spacial score (nSPS) is 16.9. The molecule has 0 saturated heterocycles. The number of nitrogens with one attached hydrogen (secondary N) is 2. The fourth-order valence-corrected chi connectivity index (χ4v) is 3.78. The molecule has 0 bridgehead atoms. The minimum Gasteiger partial charge on any atom is -0.308 e. The highest BCUT2D eigenvalue weighted by Crippen LogP contribution is 2.37. The second-order valence-electron chi connectivity index (χ2n) is 5.03. The first kappa shape index (κ1) is 12.5. The molecule has 0 fully saturated rings. The second-order valence-corrected chi connectivity index (χ2v) is 6.27. The molecule has 0 aliphatic carbocycles. The van der Waals surface area contributed by atoms with Crippen molar-refractivity contribution in [3.05, 3.63) is 54.1 Å². The van der Waals surface area contributed by atoms with Gasteiger partial charge in [0.15, 0.2) is 5.82 Å². The van der Waals surface area contributed by atoms with Crippen LogP contribution in [0.5, 0.6) is 0 Å². The lowest BCUT2D eigenvalue weighted by Crippen LogP contribution is -2.24. The molecule has 0 spiro atoms. The van der Waals surface area contributed by atoms with Crippen molar-refractivity contribution in [3.8, 4) is 0 Å². The van der Waals surface area contributed by atoms with Crippen molar-refractivity contribution in [2.75, 3.05) is 5.32 Å². The molecule has 4 rings (SSSR count). The molecule has 0 saturated carbocycles. The van der Waals surface area contributed by atoms with Crippen molar-refractivity contribution in [3.63, 3.8) is 0 Å². The van der Waals surface area contributed by atoms with Crippen LogP contribution in [0.1, 0.15) is 5.56 Å². The van der Waals surface area contributed by atoms with Gasteiger partial charge in [0, 0.05) is 10.3 Å². The van der Waals surface area contributed by atoms with Crippen molar-refractivity contribution in [1.82, 2.24) is 10.2 Å². The van der Waals surface area contributed by atoms with E-state index >= 15 is 0 Å². The second kappa shape index (κ2) is 4.93. The number of nitrogens with zero attached hydrogens (tertiary/aromatic N) is 1. The molecule has 1 unspecified atom stereocenters. The molecule has 104 valence electrons. The van der Waals surface area contributed by atoms with Gasteiger partial charge < -0.3 is 5.32 Å². The lowest BCUT2D eigenvalue weighted by atomic mass is 10.1. The van der Waals surface area contributed by atoms with Gasteiger partial charge in [0.05, 0.1) is 10.8 Å². The van der Waals surface area contributed by atoms with Gasteiger partial charge in [-0.2, -0.15) is 5.10 Å². The Labute approximate surface area is 125 Å². The molecular formula is C16H13N3OS. The number of amides is 1. The average Bonchev–Trinajstić information content (AvgIpc) is 3.11. The Morgan fingerprint density at radius 2 is 2.00 bits per heavy atom. The highest BCUT2D eigenvalue weighted by Gasteiger charge is 2.28. The van der Waals surface area contributed by atoms with E-state index in [0.29, 0.717) is 5.82 Å². The summed E-state index contributed by atoms with van der Waals surface area (Å²) in [5.74, 6) is 0.612. The third kappa shape index (κ3) is 2.19. The van der Waals surface area contributed by atoms with Crippen LogP contribution in [0.2, 0.25) is 0 Å². The van der Waals surface area contributed by atoms with E-state index in [2.05, 4.69) is 27.6 Å². The van der Waals surface area contributed by atoms with E-state index in [0.717, 1.165) is 17.3 Å². The van der Waals surface area contributed by atoms with E-state index in [1.54, 1.807) is 11.8 Å². The lowest BCUT2D eigenvalue weighted by Gasteiger charge is -2.08. The number of aromatic nitrogens is 2. The van der Waals surface area contributed by atoms with E-state index in [4.69, 9.17) is 0 Å². The monoisotopic (exact) mass is 295 g/mol. The number of fused-ring (bicyclic) bond motifs is 2. The SMILES string of the molecule is O=C(Nc1n[nH]c2ccccc12)C1Cc2ccccc2S1. The van der Waals surface area contributed by atoms with Crippen LogP contribution in [0.3, 0.4) is 0 Å². The maximum absolute atomic E-state index is 12.4. The highest BCUT2D eigenvalue weighted by atomic mass is 32.2. The molecule has 21 heavy (non-hydrogen) atoms. The number of carbonyl (C=O) groups is 1. The average molecular weight is 295 g/mol. The molecule has 1 aromatic heterocycles. The lowest BCUT2D eigenvalue weighted by molar-refractivity contribution is -0.115. The van der Waals surface area contributed by atoms with Gasteiger partial charge in [-0.1, -0.05) is 30.3 Å². The number of carbonyl (C=O) groups excluding carboxylic acids is 1. The standard InChI is InChI=1S/C16H13N3OS/c20-16(14-9-10-5-1-4-8-13(10)21-14)17-15-11-6-2-3-7-12(11)18-19-15/h1-8,14H,9H2,(H2,17,18,19,20). The summed E-state index contributed by atoms with van der Waals surface area (Å²) in [5.41, 5.74) is 2.17. The number of hydrogen-bond donors (Lipinski definition) is 2. The van der Waals surface area contributed by atoms with E-state index in [1.165, 1.54) is 10.5 Å². The Balaban J connectivity index is 1.55. The van der Waals surface area contributed by atoms with Gasteiger partial charge in [-0.25, -0.2) is 0 Å². The Morgan fingerprint density at radius 3 is 2.90 bits per heavy atom. The van der Waals surface area contributed by atoms with E-state index in [9.17, 15) is 4.79 Å². The van der Waals surface area contributed by atoms with Gasteiger partial charge in [0.1, 0.15) is 0 Å². The number of para-hydroxylation sites is 1. The number of rotatable bonds is 2. The van der Waals surface area contributed by atoms with Crippen LogP contribution in [0.15, 0.2) is 53.4 Å². The first-order valence-electron chi connectivity index (χ1n) is 6.80. The number of aromatic amines is 1. The van der Waals surface area contributed by atoms with Crippen molar-refractivity contribution in [1.29, 1.82) is 0 Å². The smallest absolute Gasteiger partial charge is 0.239 e. The Hall–Kier alpha value is -2.27. The highest BCUT2D eigenvalue weighted by molar-refractivity contribution is 8.01. The molecule has 4 nitrogen and oxygen atoms in total. The zero-order valence-corrected chi connectivity index (χ0v) is 12.0. The quantitative estimate of drug-likeness (QED) is 0.763. The van der Waals surface area contributed by atoms with Crippen LogP contribution in [0.4, 0.5) is 5.82 Å².